The molecule has 1 aliphatic rings. The number of aliphatic carboxylic acids is 1. The quantitative estimate of drug-likeness (QED) is 0.565. The van der Waals surface area contributed by atoms with E-state index in [4.69, 9.17) is 5.11 Å². The number of rotatable bonds is 6. The zero-order valence-electron chi connectivity index (χ0n) is 11.5. The van der Waals surface area contributed by atoms with Crippen molar-refractivity contribution in [2.45, 2.75) is 45.6 Å². The number of carbonyl (C=O) groups excluding carboxylic acids is 2. The van der Waals surface area contributed by atoms with E-state index in [0.29, 0.717) is 6.42 Å². The van der Waals surface area contributed by atoms with Crippen molar-refractivity contribution in [2.75, 3.05) is 6.54 Å². The van der Waals surface area contributed by atoms with Gasteiger partial charge in [-0.05, 0) is 20.3 Å². The molecule has 0 bridgehead atoms. The van der Waals surface area contributed by atoms with Crippen molar-refractivity contribution in [2.24, 2.45) is 0 Å². The number of imide groups is 1. The van der Waals surface area contributed by atoms with Gasteiger partial charge in [0.05, 0.1) is 0 Å². The van der Waals surface area contributed by atoms with Crippen molar-refractivity contribution in [3.63, 3.8) is 0 Å². The Labute approximate surface area is 112 Å². The second kappa shape index (κ2) is 5.86. The maximum atomic E-state index is 12.2. The van der Waals surface area contributed by atoms with E-state index in [1.165, 1.54) is 13.0 Å². The fourth-order valence-electron chi connectivity index (χ4n) is 1.93. The van der Waals surface area contributed by atoms with Crippen molar-refractivity contribution < 1.29 is 19.5 Å². The van der Waals surface area contributed by atoms with Crippen LogP contribution >= 0.6 is 0 Å². The van der Waals surface area contributed by atoms with E-state index in [-0.39, 0.29) is 18.0 Å². The fraction of sp³-hybridized carbons (Fsp3) is 0.615. The maximum absolute atomic E-state index is 12.2. The number of carboxylic acid groups (broad SMARTS) is 1. The number of hydrogen-bond acceptors (Lipinski definition) is 3. The molecular weight excluding hydrogens is 248 g/mol. The molecule has 0 spiro atoms. The third-order valence-electron chi connectivity index (χ3n) is 3.29. The number of nitrogens with zero attached hydrogens (tertiary/aromatic N) is 1. The highest BCUT2D eigenvalue weighted by atomic mass is 16.4. The van der Waals surface area contributed by atoms with Gasteiger partial charge in [-0.1, -0.05) is 25.8 Å². The highest BCUT2D eigenvalue weighted by Crippen LogP contribution is 2.23. The third kappa shape index (κ3) is 3.33. The highest BCUT2D eigenvalue weighted by Gasteiger charge is 2.46. The molecule has 2 N–H and O–H groups in total. The van der Waals surface area contributed by atoms with E-state index in [9.17, 15) is 14.4 Å². The van der Waals surface area contributed by atoms with E-state index in [1.807, 2.05) is 6.92 Å². The molecular formula is C13H20N2O4. The number of carbonyl (C=O) groups is 3. The third-order valence-corrected chi connectivity index (χ3v) is 3.29. The molecule has 1 rings (SSSR count). The summed E-state index contributed by atoms with van der Waals surface area (Å²) in [4.78, 5) is 35.7. The first-order chi connectivity index (χ1) is 8.81. The Kier molecular flexibility index (Phi) is 4.69. The Balaban J connectivity index is 2.77. The summed E-state index contributed by atoms with van der Waals surface area (Å²) >= 11 is 0. The molecule has 6 heteroatoms. The number of urea groups is 1. The number of carboxylic acids is 1. The summed E-state index contributed by atoms with van der Waals surface area (Å²) in [6, 6.07) is -0.460. The first-order valence-corrected chi connectivity index (χ1v) is 6.36. The zero-order chi connectivity index (χ0) is 14.6. The van der Waals surface area contributed by atoms with Crippen LogP contribution in [0.5, 0.6) is 0 Å². The molecule has 0 radical (unpaired) electrons. The fourth-order valence-corrected chi connectivity index (χ4v) is 1.93. The van der Waals surface area contributed by atoms with Crippen LogP contribution in [0.4, 0.5) is 4.79 Å². The summed E-state index contributed by atoms with van der Waals surface area (Å²) in [6.45, 7) is 5.14. The molecule has 0 saturated carbocycles. The molecule has 0 aromatic heterocycles. The van der Waals surface area contributed by atoms with Crippen LogP contribution in [0.2, 0.25) is 0 Å². The predicted molar refractivity (Wildman–Crippen MR) is 69.6 cm³/mol. The summed E-state index contributed by atoms with van der Waals surface area (Å²) in [7, 11) is 0. The van der Waals surface area contributed by atoms with Crippen molar-refractivity contribution in [3.8, 4) is 0 Å². The molecule has 19 heavy (non-hydrogen) atoms. The summed E-state index contributed by atoms with van der Waals surface area (Å²) in [6.07, 6.45) is 3.74. The second-order valence-corrected chi connectivity index (χ2v) is 4.97. The topological polar surface area (TPSA) is 86.7 Å². The van der Waals surface area contributed by atoms with Gasteiger partial charge >= 0.3 is 12.0 Å². The largest absolute Gasteiger partial charge is 0.478 e. The van der Waals surface area contributed by atoms with Gasteiger partial charge in [0.15, 0.2) is 0 Å². The molecule has 1 aliphatic heterocycles. The monoisotopic (exact) mass is 268 g/mol. The maximum Gasteiger partial charge on any atom is 0.331 e. The molecule has 1 fully saturated rings. The van der Waals surface area contributed by atoms with E-state index in [1.54, 1.807) is 6.92 Å². The van der Waals surface area contributed by atoms with Crippen molar-refractivity contribution in [1.29, 1.82) is 0 Å². The Hall–Kier alpha value is -1.85. The first kappa shape index (κ1) is 15.2. The number of hydrogen-bond donors (Lipinski definition) is 2. The lowest BCUT2D eigenvalue weighted by Crippen LogP contribution is -2.43. The molecule has 1 atom stereocenters. The predicted octanol–water partition coefficient (Wildman–Crippen LogP) is 1.52. The van der Waals surface area contributed by atoms with Crippen LogP contribution in [-0.2, 0) is 9.59 Å². The molecule has 0 aliphatic carbocycles. The smallest absolute Gasteiger partial charge is 0.331 e. The average Bonchev–Trinajstić information content (AvgIpc) is 2.55. The molecule has 0 aromatic carbocycles. The minimum atomic E-state index is -1.05. The van der Waals surface area contributed by atoms with Gasteiger partial charge in [-0.15, -0.1) is 0 Å². The molecule has 1 saturated heterocycles. The van der Waals surface area contributed by atoms with E-state index < -0.39 is 17.5 Å². The summed E-state index contributed by atoms with van der Waals surface area (Å²) in [5.74, 6) is -1.35. The van der Waals surface area contributed by atoms with Gasteiger partial charge in [0.1, 0.15) is 5.54 Å². The molecule has 1 heterocycles. The summed E-state index contributed by atoms with van der Waals surface area (Å²) in [5, 5.41) is 11.4. The molecule has 106 valence electrons. The zero-order valence-corrected chi connectivity index (χ0v) is 11.5. The minimum Gasteiger partial charge on any atom is -0.478 e. The average molecular weight is 268 g/mol. The molecule has 3 amide bonds. The Morgan fingerprint density at radius 3 is 2.63 bits per heavy atom. The van der Waals surface area contributed by atoms with E-state index in [0.717, 1.165) is 17.7 Å². The van der Waals surface area contributed by atoms with Crippen molar-refractivity contribution in [3.05, 3.63) is 11.6 Å². The Morgan fingerprint density at radius 1 is 1.47 bits per heavy atom. The van der Waals surface area contributed by atoms with Crippen LogP contribution in [0.25, 0.3) is 0 Å². The van der Waals surface area contributed by atoms with Gasteiger partial charge in [-0.25, -0.2) is 9.59 Å². The Bertz CT molecular complexity index is 430. The van der Waals surface area contributed by atoms with Crippen LogP contribution in [0.3, 0.4) is 0 Å². The van der Waals surface area contributed by atoms with Crippen molar-refractivity contribution in [1.82, 2.24) is 10.2 Å². The standard InChI is InChI=1S/C13H20N2O4/c1-4-5-7-13(3)11(18)15(12(19)14-13)8-6-9(2)10(16)17/h6H,4-5,7-8H2,1-3H3,(H,14,19)(H,16,17). The number of unbranched alkanes of at least 4 members (excludes halogenated alkanes) is 1. The molecule has 1 unspecified atom stereocenters. The van der Waals surface area contributed by atoms with Crippen molar-refractivity contribution >= 4 is 17.9 Å². The second-order valence-electron chi connectivity index (χ2n) is 4.97. The van der Waals surface area contributed by atoms with Gasteiger partial charge in [0.25, 0.3) is 5.91 Å². The van der Waals surface area contributed by atoms with E-state index >= 15 is 0 Å². The van der Waals surface area contributed by atoms with Crippen LogP contribution in [0.1, 0.15) is 40.0 Å². The Morgan fingerprint density at radius 2 is 2.11 bits per heavy atom. The minimum absolute atomic E-state index is 0.00941. The molecule has 0 aromatic rings. The highest BCUT2D eigenvalue weighted by molar-refractivity contribution is 6.07. The lowest BCUT2D eigenvalue weighted by Gasteiger charge is -2.20. The summed E-state index contributed by atoms with van der Waals surface area (Å²) < 4.78 is 0. The normalized spacial score (nSPS) is 23.7. The van der Waals surface area contributed by atoms with Crippen LogP contribution in [0, 0.1) is 0 Å². The van der Waals surface area contributed by atoms with Gasteiger partial charge in [-0.3, -0.25) is 9.69 Å². The van der Waals surface area contributed by atoms with Gasteiger partial charge < -0.3 is 10.4 Å². The van der Waals surface area contributed by atoms with Gasteiger partial charge in [0.2, 0.25) is 0 Å². The number of amides is 3. The lowest BCUT2D eigenvalue weighted by atomic mass is 9.95. The molecule has 6 nitrogen and oxygen atoms in total. The lowest BCUT2D eigenvalue weighted by molar-refractivity contribution is -0.133. The SMILES string of the molecule is CCCCC1(C)NC(=O)N(CC=C(C)C(=O)O)C1=O. The van der Waals surface area contributed by atoms with Gasteiger partial charge in [0, 0.05) is 12.1 Å². The van der Waals surface area contributed by atoms with Gasteiger partial charge in [-0.2, -0.15) is 0 Å². The number of nitrogens with one attached hydrogen (secondary N) is 1. The summed E-state index contributed by atoms with van der Waals surface area (Å²) in [5.41, 5.74) is -0.749. The van der Waals surface area contributed by atoms with Crippen LogP contribution < -0.4 is 5.32 Å². The van der Waals surface area contributed by atoms with E-state index in [2.05, 4.69) is 5.32 Å². The first-order valence-electron chi connectivity index (χ1n) is 6.36. The van der Waals surface area contributed by atoms with Crippen LogP contribution in [0.15, 0.2) is 11.6 Å². The van der Waals surface area contributed by atoms with Crippen LogP contribution in [-0.4, -0.2) is 40.0 Å².